The fourth-order valence-corrected chi connectivity index (χ4v) is 5.04. The molecule has 1 aliphatic rings. The van der Waals surface area contributed by atoms with Crippen LogP contribution in [0.15, 0.2) is 0 Å². The third-order valence-electron chi connectivity index (χ3n) is 2.86. The second kappa shape index (κ2) is 5.13. The van der Waals surface area contributed by atoms with Gasteiger partial charge in [0.2, 0.25) is 0 Å². The maximum absolute atomic E-state index is 5.97. The van der Waals surface area contributed by atoms with E-state index in [0.717, 1.165) is 6.61 Å². The topological polar surface area (TPSA) is 12.5 Å². The molecule has 0 radical (unpaired) electrons. The van der Waals surface area contributed by atoms with Crippen molar-refractivity contribution in [2.75, 3.05) is 27.2 Å². The van der Waals surface area contributed by atoms with Crippen LogP contribution in [0.5, 0.6) is 0 Å². The number of rotatable bonds is 4. The van der Waals surface area contributed by atoms with Crippen molar-refractivity contribution in [1.29, 1.82) is 0 Å². The Morgan fingerprint density at radius 3 is 2.62 bits per heavy atom. The summed E-state index contributed by atoms with van der Waals surface area (Å²) in [6.07, 6.45) is 4.01. The molecule has 1 rings (SSSR count). The monoisotopic (exact) mass is 201 g/mol. The van der Waals surface area contributed by atoms with E-state index in [0.29, 0.717) is 0 Å². The Morgan fingerprint density at radius 1 is 1.31 bits per heavy atom. The largest absolute Gasteiger partial charge is 0.417 e. The van der Waals surface area contributed by atoms with Gasteiger partial charge in [-0.2, -0.15) is 0 Å². The van der Waals surface area contributed by atoms with Crippen LogP contribution < -0.4 is 0 Å². The van der Waals surface area contributed by atoms with Gasteiger partial charge < -0.3 is 9.33 Å². The lowest BCUT2D eigenvalue weighted by Gasteiger charge is -2.31. The van der Waals surface area contributed by atoms with E-state index in [1.165, 1.54) is 37.9 Å². The predicted molar refractivity (Wildman–Crippen MR) is 59.6 cm³/mol. The first-order valence-corrected chi connectivity index (χ1v) is 8.23. The maximum Gasteiger partial charge on any atom is 0.189 e. The zero-order valence-electron chi connectivity index (χ0n) is 9.31. The molecule has 0 aromatic heterocycles. The minimum absolute atomic E-state index is 1.03. The lowest BCUT2D eigenvalue weighted by atomic mass is 10.4. The molecule has 0 aromatic rings. The van der Waals surface area contributed by atoms with Crippen LogP contribution in [-0.4, -0.2) is 40.5 Å². The summed E-state index contributed by atoms with van der Waals surface area (Å²) in [5.41, 5.74) is 0. The number of hydrogen-bond donors (Lipinski definition) is 0. The molecule has 1 unspecified atom stereocenters. The highest BCUT2D eigenvalue weighted by molar-refractivity contribution is 6.72. The van der Waals surface area contributed by atoms with Crippen molar-refractivity contribution in [3.8, 4) is 0 Å². The maximum atomic E-state index is 5.97. The van der Waals surface area contributed by atoms with Gasteiger partial charge in [-0.05, 0) is 52.1 Å². The highest BCUT2D eigenvalue weighted by Crippen LogP contribution is 2.26. The molecule has 0 saturated carbocycles. The summed E-state index contributed by atoms with van der Waals surface area (Å²) in [6, 6.07) is 2.74. The predicted octanol–water partition coefficient (Wildman–Crippen LogP) is 2.32. The van der Waals surface area contributed by atoms with Crippen LogP contribution in [0.4, 0.5) is 0 Å². The van der Waals surface area contributed by atoms with Crippen molar-refractivity contribution in [3.05, 3.63) is 0 Å². The minimum Gasteiger partial charge on any atom is -0.417 e. The average molecular weight is 201 g/mol. The molecule has 1 heterocycles. The summed E-state index contributed by atoms with van der Waals surface area (Å²) < 4.78 is 5.97. The van der Waals surface area contributed by atoms with Crippen LogP contribution in [0.1, 0.15) is 19.3 Å². The molecule has 1 atom stereocenters. The minimum atomic E-state index is -1.23. The molecular formula is C10H23NOSi. The molecule has 13 heavy (non-hydrogen) atoms. The number of hydrogen-bond acceptors (Lipinski definition) is 2. The van der Waals surface area contributed by atoms with E-state index < -0.39 is 8.32 Å². The van der Waals surface area contributed by atoms with Gasteiger partial charge in [0, 0.05) is 6.61 Å². The van der Waals surface area contributed by atoms with Crippen molar-refractivity contribution in [3.63, 3.8) is 0 Å². The molecule has 1 aliphatic heterocycles. The molecular weight excluding hydrogens is 178 g/mol. The first-order chi connectivity index (χ1) is 6.12. The fourth-order valence-electron chi connectivity index (χ4n) is 1.96. The Labute approximate surface area is 83.4 Å². The van der Waals surface area contributed by atoms with Crippen molar-refractivity contribution >= 4 is 8.32 Å². The van der Waals surface area contributed by atoms with Crippen LogP contribution in [0.25, 0.3) is 0 Å². The normalized spacial score (nSPS) is 29.5. The number of nitrogens with zero attached hydrogens (tertiary/aromatic N) is 1. The molecule has 0 aliphatic carbocycles. The van der Waals surface area contributed by atoms with Crippen molar-refractivity contribution in [2.24, 2.45) is 0 Å². The first kappa shape index (κ1) is 11.2. The van der Waals surface area contributed by atoms with Crippen molar-refractivity contribution in [1.82, 2.24) is 4.90 Å². The molecule has 0 N–H and O–H groups in total. The molecule has 78 valence electrons. The summed E-state index contributed by atoms with van der Waals surface area (Å²) >= 11 is 0. The van der Waals surface area contributed by atoms with Gasteiger partial charge in [-0.25, -0.2) is 0 Å². The average Bonchev–Trinajstić information content (AvgIpc) is 2.04. The summed E-state index contributed by atoms with van der Waals surface area (Å²) in [7, 11) is 3.06. The van der Waals surface area contributed by atoms with Crippen LogP contribution in [0.2, 0.25) is 18.6 Å². The molecule has 0 aromatic carbocycles. The third-order valence-corrected chi connectivity index (χ3v) is 6.58. The van der Waals surface area contributed by atoms with Gasteiger partial charge in [-0.1, -0.05) is 6.42 Å². The van der Waals surface area contributed by atoms with Gasteiger partial charge in [0.05, 0.1) is 0 Å². The van der Waals surface area contributed by atoms with Crippen molar-refractivity contribution in [2.45, 2.75) is 37.9 Å². The van der Waals surface area contributed by atoms with Gasteiger partial charge in [0.25, 0.3) is 0 Å². The van der Waals surface area contributed by atoms with E-state index in [1.54, 1.807) is 0 Å². The smallest absolute Gasteiger partial charge is 0.189 e. The quantitative estimate of drug-likeness (QED) is 0.647. The SMILES string of the molecule is CN(C)CCC[Si]1(C)CCCCO1. The second-order valence-electron chi connectivity index (χ2n) is 4.66. The molecule has 1 fully saturated rings. The lowest BCUT2D eigenvalue weighted by molar-refractivity contribution is 0.267. The zero-order valence-corrected chi connectivity index (χ0v) is 10.3. The van der Waals surface area contributed by atoms with Crippen LogP contribution in [-0.2, 0) is 4.43 Å². The summed E-state index contributed by atoms with van der Waals surface area (Å²) in [5, 5.41) is 0. The molecule has 0 spiro atoms. The van der Waals surface area contributed by atoms with Crippen LogP contribution in [0, 0.1) is 0 Å². The summed E-state index contributed by atoms with van der Waals surface area (Å²) in [4.78, 5) is 2.26. The van der Waals surface area contributed by atoms with Crippen LogP contribution in [0.3, 0.4) is 0 Å². The Kier molecular flexibility index (Phi) is 4.42. The van der Waals surface area contributed by atoms with Crippen molar-refractivity contribution < 1.29 is 4.43 Å². The highest BCUT2D eigenvalue weighted by Gasteiger charge is 2.30. The Bertz CT molecular complexity index is 144. The van der Waals surface area contributed by atoms with Crippen LogP contribution >= 0.6 is 0 Å². The summed E-state index contributed by atoms with van der Waals surface area (Å²) in [6.45, 7) is 4.65. The first-order valence-electron chi connectivity index (χ1n) is 5.41. The van der Waals surface area contributed by atoms with E-state index in [2.05, 4.69) is 25.5 Å². The fraction of sp³-hybridized carbons (Fsp3) is 1.00. The highest BCUT2D eigenvalue weighted by atomic mass is 28.4. The van der Waals surface area contributed by atoms with E-state index in [4.69, 9.17) is 4.43 Å². The molecule has 0 amide bonds. The molecule has 3 heteroatoms. The van der Waals surface area contributed by atoms with E-state index >= 15 is 0 Å². The van der Waals surface area contributed by atoms with E-state index in [-0.39, 0.29) is 0 Å². The van der Waals surface area contributed by atoms with E-state index in [9.17, 15) is 0 Å². The molecule has 1 saturated heterocycles. The second-order valence-corrected chi connectivity index (χ2v) is 8.85. The Balaban J connectivity index is 2.17. The zero-order chi connectivity index (χ0) is 9.73. The third kappa shape index (κ3) is 4.25. The molecule has 0 bridgehead atoms. The Hall–Kier alpha value is 0.137. The standard InChI is InChI=1S/C10H23NOSi/c1-11(2)7-6-10-13(3)9-5-4-8-12-13/h4-10H2,1-3H3. The molecule has 2 nitrogen and oxygen atoms in total. The van der Waals surface area contributed by atoms with Gasteiger partial charge >= 0.3 is 0 Å². The van der Waals surface area contributed by atoms with Gasteiger partial charge in [0.1, 0.15) is 0 Å². The van der Waals surface area contributed by atoms with Gasteiger partial charge in [-0.15, -0.1) is 0 Å². The van der Waals surface area contributed by atoms with E-state index in [1.807, 2.05) is 0 Å². The summed E-state index contributed by atoms with van der Waals surface area (Å²) in [5.74, 6) is 0. The van der Waals surface area contributed by atoms with Gasteiger partial charge in [-0.3, -0.25) is 0 Å². The Morgan fingerprint density at radius 2 is 2.08 bits per heavy atom. The van der Waals surface area contributed by atoms with Gasteiger partial charge in [0.15, 0.2) is 8.32 Å². The lowest BCUT2D eigenvalue weighted by Crippen LogP contribution is -2.38.